The molecule has 0 aliphatic carbocycles. The van der Waals surface area contributed by atoms with E-state index in [2.05, 4.69) is 21.7 Å². The zero-order valence-corrected chi connectivity index (χ0v) is 16.2. The fraction of sp³-hybridized carbons (Fsp3) is 0.211. The number of anilines is 2. The van der Waals surface area contributed by atoms with E-state index in [9.17, 15) is 8.42 Å². The highest BCUT2D eigenvalue weighted by Crippen LogP contribution is 2.22. The van der Waals surface area contributed by atoms with Crippen LogP contribution in [-0.2, 0) is 16.4 Å². The average molecular weight is 389 g/mol. The van der Waals surface area contributed by atoms with Gasteiger partial charge in [0.15, 0.2) is 0 Å². The van der Waals surface area contributed by atoms with Crippen molar-refractivity contribution < 1.29 is 13.4 Å². The molecule has 26 heavy (non-hydrogen) atoms. The summed E-state index contributed by atoms with van der Waals surface area (Å²) in [4.78, 5) is 4.60. The highest BCUT2D eigenvalue weighted by atomic mass is 32.2. The summed E-state index contributed by atoms with van der Waals surface area (Å²) in [5.74, 6) is 0.795. The molecule has 0 aliphatic heterocycles. The third kappa shape index (κ3) is 4.23. The van der Waals surface area contributed by atoms with Crippen LogP contribution in [0.1, 0.15) is 11.8 Å². The first-order valence-corrected chi connectivity index (χ1v) is 10.8. The van der Waals surface area contributed by atoms with Gasteiger partial charge < -0.3 is 0 Å². The van der Waals surface area contributed by atoms with Crippen molar-refractivity contribution in [1.82, 2.24) is 0 Å². The first-order valence-electron chi connectivity index (χ1n) is 8.47. The van der Waals surface area contributed by atoms with Crippen LogP contribution in [0.4, 0.5) is 11.5 Å². The second-order valence-corrected chi connectivity index (χ2v) is 8.59. The molecule has 0 bridgehead atoms. The quantitative estimate of drug-likeness (QED) is 0.643. The van der Waals surface area contributed by atoms with Gasteiger partial charge in [-0.15, -0.1) is 11.3 Å². The maximum atomic E-state index is 12.9. The molecule has 3 aromatic rings. The Labute approximate surface area is 158 Å². The first-order chi connectivity index (χ1) is 12.6. The number of para-hydroxylation sites is 1. The van der Waals surface area contributed by atoms with Crippen LogP contribution in [0.2, 0.25) is 0 Å². The summed E-state index contributed by atoms with van der Waals surface area (Å²) >= 11 is 1.73. The number of thiophene rings is 1. The molecule has 0 atom stereocenters. The van der Waals surface area contributed by atoms with Gasteiger partial charge in [0.05, 0.1) is 12.2 Å². The molecule has 0 saturated carbocycles. The van der Waals surface area contributed by atoms with Gasteiger partial charge in [0, 0.05) is 23.9 Å². The molecule has 0 aliphatic rings. The van der Waals surface area contributed by atoms with Crippen molar-refractivity contribution in [1.29, 1.82) is 0 Å². The van der Waals surface area contributed by atoms with Crippen molar-refractivity contribution in [3.05, 3.63) is 71.1 Å². The Morgan fingerprint density at radius 2 is 1.88 bits per heavy atom. The summed E-state index contributed by atoms with van der Waals surface area (Å²) in [5.41, 5.74) is 0.660. The Morgan fingerprint density at radius 1 is 1.08 bits per heavy atom. The van der Waals surface area contributed by atoms with E-state index in [0.717, 1.165) is 18.8 Å². The Kier molecular flexibility index (Phi) is 5.90. The maximum absolute atomic E-state index is 12.9. The summed E-state index contributed by atoms with van der Waals surface area (Å²) < 4.78 is 27.3. The fourth-order valence-electron chi connectivity index (χ4n) is 2.67. The molecule has 0 spiro atoms. The first kappa shape index (κ1) is 18.4. The van der Waals surface area contributed by atoms with Crippen molar-refractivity contribution >= 4 is 32.9 Å². The van der Waals surface area contributed by atoms with E-state index in [1.807, 2.05) is 31.2 Å². The third-order valence-corrected chi connectivity index (χ3v) is 6.81. The minimum Gasteiger partial charge on any atom is -0.274 e. The van der Waals surface area contributed by atoms with Gasteiger partial charge in [-0.05, 0) is 36.6 Å². The summed E-state index contributed by atoms with van der Waals surface area (Å²) in [6, 6.07) is 16.7. The predicted molar refractivity (Wildman–Crippen MR) is 106 cm³/mol. The number of pyridine rings is 1. The largest absolute Gasteiger partial charge is 0.274 e. The summed E-state index contributed by atoms with van der Waals surface area (Å²) in [6.45, 7) is 2.98. The van der Waals surface area contributed by atoms with E-state index in [-0.39, 0.29) is 4.90 Å². The lowest BCUT2D eigenvalue weighted by Crippen LogP contribution is -2.31. The predicted octanol–water partition coefficient (Wildman–Crippen LogP) is 3.43. The lowest BCUT2D eigenvalue weighted by molar-refractivity contribution is -0.364. The normalized spacial score (nSPS) is 11.3. The molecule has 2 heterocycles. The van der Waals surface area contributed by atoms with Crippen LogP contribution in [0.5, 0.6) is 0 Å². The zero-order chi connectivity index (χ0) is 18.4. The molecule has 0 radical (unpaired) electrons. The van der Waals surface area contributed by atoms with Crippen LogP contribution < -0.4 is 14.6 Å². The molecule has 0 amide bonds. The molecular formula is C19H22N3O2S2+. The fourth-order valence-corrected chi connectivity index (χ4v) is 4.82. The second kappa shape index (κ2) is 8.33. The molecule has 3 rings (SSSR count). The minimum atomic E-state index is -3.60. The van der Waals surface area contributed by atoms with E-state index in [0.29, 0.717) is 12.2 Å². The summed E-state index contributed by atoms with van der Waals surface area (Å²) in [5, 5.41) is 5.34. The molecule has 5 nitrogen and oxygen atoms in total. The van der Waals surface area contributed by atoms with Crippen molar-refractivity contribution in [2.45, 2.75) is 18.2 Å². The van der Waals surface area contributed by atoms with Crippen LogP contribution in [0.15, 0.2) is 71.1 Å². The molecule has 2 N–H and O–H groups in total. The van der Waals surface area contributed by atoms with E-state index < -0.39 is 10.0 Å². The molecule has 1 aromatic carbocycles. The number of aromatic nitrogens is 1. The van der Waals surface area contributed by atoms with Gasteiger partial charge in [-0.3, -0.25) is 9.62 Å². The minimum absolute atomic E-state index is 0.243. The standard InChI is InChI=1S/C19H21N3O2S2/c1-2-22(16-7-4-3-5-8-16)26(23,24)18-10-11-19(21-15-18)20-13-12-17-9-6-14-25-17/h3-11,14-15H,2,12-13H2,1H3,(H,20,21)/p+1. The number of rotatable bonds is 8. The molecule has 7 heteroatoms. The van der Waals surface area contributed by atoms with Crippen molar-refractivity contribution in [2.75, 3.05) is 22.7 Å². The van der Waals surface area contributed by atoms with E-state index in [1.165, 1.54) is 15.4 Å². The van der Waals surface area contributed by atoms with Crippen molar-refractivity contribution in [2.24, 2.45) is 0 Å². The molecule has 0 unspecified atom stereocenters. The summed E-state index contributed by atoms with van der Waals surface area (Å²) in [6.07, 6.45) is 2.47. The second-order valence-electron chi connectivity index (χ2n) is 5.70. The molecular weight excluding hydrogens is 366 g/mol. The number of H-pyrrole nitrogens is 1. The molecule has 0 fully saturated rings. The molecule has 136 valence electrons. The summed E-state index contributed by atoms with van der Waals surface area (Å²) in [7, 11) is -3.60. The highest BCUT2D eigenvalue weighted by molar-refractivity contribution is 7.92. The van der Waals surface area contributed by atoms with Crippen molar-refractivity contribution in [3.8, 4) is 0 Å². The molecule has 2 aromatic heterocycles. The number of nitrogens with zero attached hydrogens (tertiary/aromatic N) is 1. The molecule has 0 saturated heterocycles. The smallest absolute Gasteiger partial charge is 0.272 e. The van der Waals surface area contributed by atoms with Crippen LogP contribution in [0.25, 0.3) is 0 Å². The van der Waals surface area contributed by atoms with Gasteiger partial charge in [-0.25, -0.2) is 13.4 Å². The Hall–Kier alpha value is -2.38. The monoisotopic (exact) mass is 388 g/mol. The van der Waals surface area contributed by atoms with Crippen LogP contribution in [-0.4, -0.2) is 21.5 Å². The Balaban J connectivity index is 1.70. The lowest BCUT2D eigenvalue weighted by atomic mass is 10.3. The van der Waals surface area contributed by atoms with Gasteiger partial charge in [0.2, 0.25) is 0 Å². The van der Waals surface area contributed by atoms with Crippen LogP contribution in [0.3, 0.4) is 0 Å². The van der Waals surface area contributed by atoms with E-state index in [4.69, 9.17) is 0 Å². The number of nitrogens with one attached hydrogen (secondary N) is 2. The lowest BCUT2D eigenvalue weighted by Gasteiger charge is -2.22. The topological polar surface area (TPSA) is 63.6 Å². The third-order valence-electron chi connectivity index (χ3n) is 3.97. The maximum Gasteiger partial charge on any atom is 0.272 e. The van der Waals surface area contributed by atoms with Gasteiger partial charge in [0.25, 0.3) is 15.8 Å². The van der Waals surface area contributed by atoms with Gasteiger partial charge >= 0.3 is 0 Å². The average Bonchev–Trinajstić information content (AvgIpc) is 3.17. The van der Waals surface area contributed by atoms with Crippen molar-refractivity contribution in [3.63, 3.8) is 0 Å². The Morgan fingerprint density at radius 3 is 2.50 bits per heavy atom. The Bertz CT molecular complexity index is 909. The highest BCUT2D eigenvalue weighted by Gasteiger charge is 2.24. The number of benzene rings is 1. The van der Waals surface area contributed by atoms with Gasteiger partial charge in [0.1, 0.15) is 11.1 Å². The van der Waals surface area contributed by atoms with E-state index in [1.54, 1.807) is 35.6 Å². The number of hydrogen-bond donors (Lipinski definition) is 1. The van der Waals surface area contributed by atoms with Gasteiger partial charge in [-0.2, -0.15) is 0 Å². The van der Waals surface area contributed by atoms with Gasteiger partial charge in [-0.1, -0.05) is 24.3 Å². The zero-order valence-electron chi connectivity index (χ0n) is 14.6. The van der Waals surface area contributed by atoms with Crippen LogP contribution in [0, 0.1) is 0 Å². The number of sulfonamides is 1. The van der Waals surface area contributed by atoms with Crippen LogP contribution >= 0.6 is 11.3 Å². The number of hydrogen-bond acceptors (Lipinski definition) is 4. The van der Waals surface area contributed by atoms with E-state index >= 15 is 0 Å². The number of aromatic amines is 1. The SMILES string of the molecule is CCN(c1ccccc1)S(=O)(=O)c1ccc(NCCc2cccs2)[nH+]c1.